The van der Waals surface area contributed by atoms with Gasteiger partial charge in [0.1, 0.15) is 22.3 Å². The van der Waals surface area contributed by atoms with Crippen LogP contribution in [0, 0.1) is 0 Å². The summed E-state index contributed by atoms with van der Waals surface area (Å²) < 4.78 is 28.2. The Kier molecular flexibility index (Phi) is 6.02. The van der Waals surface area contributed by atoms with Gasteiger partial charge in [-0.3, -0.25) is 9.97 Å². The van der Waals surface area contributed by atoms with Crippen LogP contribution in [0.4, 0.5) is 0 Å². The Balaban J connectivity index is 1.25. The molecule has 0 N–H and O–H groups in total. The van der Waals surface area contributed by atoms with Crippen molar-refractivity contribution in [3.05, 3.63) is 152 Å². The molecule has 6 heteroatoms. The molecule has 0 aliphatic rings. The zero-order valence-corrected chi connectivity index (χ0v) is 25.4. The molecule has 0 radical (unpaired) electrons. The Morgan fingerprint density at radius 1 is 0.413 bits per heavy atom. The standard InChI is InChI=1S/C40H25N2O3P/c43-46(30-8-2-1-3-9-30,31-12-16-39-35(22-31)33-20-26(10-14-37(33)44-39)28-6-4-18-41-24-28)32-13-17-40-36(23-32)34-21-27(11-15-38(34)45-40)29-7-5-19-42-25-29/h1-25H. The number of aromatic nitrogens is 2. The first-order valence-corrected chi connectivity index (χ1v) is 16.8. The van der Waals surface area contributed by atoms with Crippen LogP contribution >= 0.6 is 7.14 Å². The second kappa shape index (κ2) is 10.4. The lowest BCUT2D eigenvalue weighted by Crippen LogP contribution is -2.25. The Hall–Kier alpha value is -5.77. The maximum absolute atomic E-state index is 15.7. The summed E-state index contributed by atoms with van der Waals surface area (Å²) in [6.45, 7) is 0. The fraction of sp³-hybridized carbons (Fsp3) is 0. The van der Waals surface area contributed by atoms with E-state index < -0.39 is 7.14 Å². The molecule has 0 fully saturated rings. The number of hydrogen-bond donors (Lipinski definition) is 0. The average Bonchev–Trinajstić information content (AvgIpc) is 3.69. The van der Waals surface area contributed by atoms with Crippen LogP contribution < -0.4 is 15.9 Å². The third-order valence-electron chi connectivity index (χ3n) is 8.74. The van der Waals surface area contributed by atoms with Crippen LogP contribution in [0.25, 0.3) is 66.1 Å². The maximum atomic E-state index is 15.7. The highest BCUT2D eigenvalue weighted by molar-refractivity contribution is 7.85. The Bertz CT molecular complexity index is 2450. The molecule has 0 aliphatic carbocycles. The van der Waals surface area contributed by atoms with E-state index in [9.17, 15) is 0 Å². The lowest BCUT2D eigenvalue weighted by Gasteiger charge is -2.20. The maximum Gasteiger partial charge on any atom is 0.171 e. The van der Waals surface area contributed by atoms with Crippen LogP contribution in [0.2, 0.25) is 0 Å². The van der Waals surface area contributed by atoms with Crippen LogP contribution in [0.5, 0.6) is 0 Å². The first kappa shape index (κ1) is 26.6. The van der Waals surface area contributed by atoms with Gasteiger partial charge >= 0.3 is 0 Å². The normalized spacial score (nSPS) is 12.0. The molecule has 0 aliphatic heterocycles. The van der Waals surface area contributed by atoms with Crippen LogP contribution in [-0.2, 0) is 4.57 Å². The smallest absolute Gasteiger partial charge is 0.171 e. The molecular formula is C40H25N2O3P. The number of fused-ring (bicyclic) bond motifs is 6. The van der Waals surface area contributed by atoms with E-state index in [1.165, 1.54) is 0 Å². The first-order valence-electron chi connectivity index (χ1n) is 15.1. The quantitative estimate of drug-likeness (QED) is 0.181. The third-order valence-corrected chi connectivity index (χ3v) is 11.8. The van der Waals surface area contributed by atoms with E-state index in [1.54, 1.807) is 12.4 Å². The highest BCUT2D eigenvalue weighted by Crippen LogP contribution is 2.45. The predicted octanol–water partition coefficient (Wildman–Crippen LogP) is 9.25. The summed E-state index contributed by atoms with van der Waals surface area (Å²) >= 11 is 0. The lowest BCUT2D eigenvalue weighted by atomic mass is 10.0. The van der Waals surface area contributed by atoms with Crippen molar-refractivity contribution >= 4 is 66.9 Å². The second-order valence-corrected chi connectivity index (χ2v) is 14.2. The number of benzene rings is 5. The van der Waals surface area contributed by atoms with Crippen molar-refractivity contribution < 1.29 is 13.4 Å². The Labute approximate surface area is 264 Å². The molecule has 5 nitrogen and oxygen atoms in total. The van der Waals surface area contributed by atoms with Gasteiger partial charge in [0.2, 0.25) is 0 Å². The molecule has 4 heterocycles. The molecule has 0 amide bonds. The van der Waals surface area contributed by atoms with Crippen LogP contribution in [0.1, 0.15) is 0 Å². The molecule has 0 unspecified atom stereocenters. The van der Waals surface area contributed by atoms with E-state index in [2.05, 4.69) is 22.1 Å². The summed E-state index contributed by atoms with van der Waals surface area (Å²) in [6.07, 6.45) is 7.25. The molecule has 0 bridgehead atoms. The third kappa shape index (κ3) is 4.21. The van der Waals surface area contributed by atoms with Gasteiger partial charge in [-0.1, -0.05) is 54.6 Å². The van der Waals surface area contributed by atoms with E-state index in [0.29, 0.717) is 0 Å². The van der Waals surface area contributed by atoms with Crippen molar-refractivity contribution in [3.8, 4) is 22.3 Å². The van der Waals surface area contributed by atoms with Crippen molar-refractivity contribution in [2.75, 3.05) is 0 Å². The zero-order valence-electron chi connectivity index (χ0n) is 24.5. The molecule has 46 heavy (non-hydrogen) atoms. The van der Waals surface area contributed by atoms with Crippen molar-refractivity contribution in [3.63, 3.8) is 0 Å². The first-order chi connectivity index (χ1) is 22.6. The summed E-state index contributed by atoms with van der Waals surface area (Å²) in [7, 11) is -3.34. The number of pyridine rings is 2. The highest BCUT2D eigenvalue weighted by Gasteiger charge is 2.31. The van der Waals surface area contributed by atoms with Gasteiger partial charge in [0.25, 0.3) is 0 Å². The van der Waals surface area contributed by atoms with Crippen molar-refractivity contribution in [1.29, 1.82) is 0 Å². The molecule has 4 aromatic heterocycles. The van der Waals surface area contributed by atoms with E-state index >= 15 is 4.57 Å². The fourth-order valence-corrected chi connectivity index (χ4v) is 9.11. The minimum absolute atomic E-state index is 0.740. The lowest BCUT2D eigenvalue weighted by molar-refractivity contribution is 0.592. The summed E-state index contributed by atoms with van der Waals surface area (Å²) in [5, 5.41) is 6.03. The zero-order chi connectivity index (χ0) is 30.7. The predicted molar refractivity (Wildman–Crippen MR) is 187 cm³/mol. The van der Waals surface area contributed by atoms with Gasteiger partial charge in [0.05, 0.1) is 0 Å². The number of nitrogens with zero attached hydrogens (tertiary/aromatic N) is 2. The molecule has 9 aromatic rings. The molecule has 218 valence electrons. The van der Waals surface area contributed by atoms with E-state index in [0.717, 1.165) is 82.0 Å². The molecule has 0 saturated carbocycles. The Morgan fingerprint density at radius 3 is 1.33 bits per heavy atom. The fourth-order valence-electron chi connectivity index (χ4n) is 6.43. The monoisotopic (exact) mass is 612 g/mol. The average molecular weight is 613 g/mol. The second-order valence-electron chi connectivity index (χ2n) is 11.4. The molecular weight excluding hydrogens is 587 g/mol. The van der Waals surface area contributed by atoms with Crippen LogP contribution in [0.15, 0.2) is 161 Å². The molecule has 0 atom stereocenters. The summed E-state index contributed by atoms with van der Waals surface area (Å²) in [6, 6.07) is 41.9. The van der Waals surface area contributed by atoms with Gasteiger partial charge in [0, 0.05) is 73.4 Å². The number of rotatable bonds is 5. The van der Waals surface area contributed by atoms with E-state index in [4.69, 9.17) is 8.83 Å². The van der Waals surface area contributed by atoms with Crippen molar-refractivity contribution in [2.24, 2.45) is 0 Å². The van der Waals surface area contributed by atoms with Crippen LogP contribution in [0.3, 0.4) is 0 Å². The highest BCUT2D eigenvalue weighted by atomic mass is 31.2. The SMILES string of the molecule is O=P(c1ccccc1)(c1ccc2oc3ccc(-c4cccnc4)cc3c2c1)c1ccc2oc3ccc(-c4cccnc4)cc3c2c1. The minimum atomic E-state index is -3.34. The van der Waals surface area contributed by atoms with Gasteiger partial charge in [0.15, 0.2) is 7.14 Å². The Morgan fingerprint density at radius 2 is 0.870 bits per heavy atom. The summed E-state index contributed by atoms with van der Waals surface area (Å²) in [5.41, 5.74) is 7.21. The summed E-state index contributed by atoms with van der Waals surface area (Å²) in [4.78, 5) is 8.58. The minimum Gasteiger partial charge on any atom is -0.456 e. The molecule has 0 spiro atoms. The molecule has 5 aromatic carbocycles. The topological polar surface area (TPSA) is 69.1 Å². The van der Waals surface area contributed by atoms with E-state index in [-0.39, 0.29) is 0 Å². The van der Waals surface area contributed by atoms with Gasteiger partial charge in [-0.25, -0.2) is 0 Å². The van der Waals surface area contributed by atoms with E-state index in [1.807, 2.05) is 128 Å². The molecule has 9 rings (SSSR count). The van der Waals surface area contributed by atoms with Gasteiger partial charge < -0.3 is 13.4 Å². The van der Waals surface area contributed by atoms with Gasteiger partial charge in [-0.2, -0.15) is 0 Å². The summed E-state index contributed by atoms with van der Waals surface area (Å²) in [5.74, 6) is 0. The molecule has 0 saturated heterocycles. The van der Waals surface area contributed by atoms with Crippen LogP contribution in [-0.4, -0.2) is 9.97 Å². The van der Waals surface area contributed by atoms with Gasteiger partial charge in [-0.15, -0.1) is 0 Å². The largest absolute Gasteiger partial charge is 0.456 e. The van der Waals surface area contributed by atoms with Gasteiger partial charge in [-0.05, 0) is 83.9 Å². The number of hydrogen-bond acceptors (Lipinski definition) is 5. The number of furan rings is 2. The van der Waals surface area contributed by atoms with Crippen molar-refractivity contribution in [1.82, 2.24) is 9.97 Å². The van der Waals surface area contributed by atoms with Crippen molar-refractivity contribution in [2.45, 2.75) is 0 Å².